The van der Waals surface area contributed by atoms with Gasteiger partial charge in [0.25, 0.3) is 5.91 Å². The van der Waals surface area contributed by atoms with Crippen molar-refractivity contribution in [3.8, 4) is 17.0 Å². The van der Waals surface area contributed by atoms with Gasteiger partial charge in [-0.3, -0.25) is 14.5 Å². The lowest BCUT2D eigenvalue weighted by Gasteiger charge is -2.14. The predicted octanol–water partition coefficient (Wildman–Crippen LogP) is 3.61. The molecule has 0 saturated heterocycles. The van der Waals surface area contributed by atoms with Gasteiger partial charge in [-0.15, -0.1) is 0 Å². The Morgan fingerprint density at radius 1 is 1.15 bits per heavy atom. The van der Waals surface area contributed by atoms with E-state index in [2.05, 4.69) is 39.0 Å². The summed E-state index contributed by atoms with van der Waals surface area (Å²) in [5.41, 5.74) is 4.58. The molecule has 8 nitrogen and oxygen atoms in total. The number of aliphatic imine (C=N–C) groups is 1. The minimum absolute atomic E-state index is 0.0316. The molecule has 1 aliphatic heterocycles. The SMILES string of the molecule is CCc1cccc(-c2nc(C(=O)/N=C3\COc4cc(C)cnc4N(C)C3=O)ncc2CC)c1. The minimum Gasteiger partial charge on any atom is -0.483 e. The van der Waals surface area contributed by atoms with E-state index in [0.29, 0.717) is 17.3 Å². The number of aryl methyl sites for hydroxylation is 3. The zero-order valence-corrected chi connectivity index (χ0v) is 19.1. The lowest BCUT2D eigenvalue weighted by Crippen LogP contribution is -2.35. The highest BCUT2D eigenvalue weighted by molar-refractivity contribution is 6.46. The Hall–Kier alpha value is -3.94. The monoisotopic (exact) mass is 443 g/mol. The Morgan fingerprint density at radius 3 is 2.73 bits per heavy atom. The van der Waals surface area contributed by atoms with Crippen LogP contribution in [-0.2, 0) is 17.6 Å². The number of aromatic nitrogens is 3. The number of anilines is 1. The lowest BCUT2D eigenvalue weighted by atomic mass is 10.0. The molecule has 0 radical (unpaired) electrons. The van der Waals surface area contributed by atoms with Crippen LogP contribution < -0.4 is 9.64 Å². The first-order valence-corrected chi connectivity index (χ1v) is 10.9. The summed E-state index contributed by atoms with van der Waals surface area (Å²) in [7, 11) is 1.57. The molecule has 2 aromatic heterocycles. The molecule has 0 bridgehead atoms. The van der Waals surface area contributed by atoms with Crippen molar-refractivity contribution in [2.24, 2.45) is 4.99 Å². The highest BCUT2D eigenvalue weighted by Crippen LogP contribution is 2.28. The largest absolute Gasteiger partial charge is 0.483 e. The first kappa shape index (κ1) is 22.3. The number of nitrogens with zero attached hydrogens (tertiary/aromatic N) is 5. The first-order valence-electron chi connectivity index (χ1n) is 10.9. The van der Waals surface area contributed by atoms with E-state index in [0.717, 1.165) is 29.5 Å². The molecule has 4 rings (SSSR count). The van der Waals surface area contributed by atoms with E-state index in [1.165, 1.54) is 10.5 Å². The van der Waals surface area contributed by atoms with Gasteiger partial charge in [-0.1, -0.05) is 32.0 Å². The van der Waals surface area contributed by atoms with Crippen molar-refractivity contribution >= 4 is 23.3 Å². The molecule has 0 unspecified atom stereocenters. The molecule has 0 spiro atoms. The second-order valence-corrected chi connectivity index (χ2v) is 7.83. The Bertz CT molecular complexity index is 1270. The molecule has 3 heterocycles. The van der Waals surface area contributed by atoms with E-state index in [1.54, 1.807) is 25.5 Å². The predicted molar refractivity (Wildman–Crippen MR) is 126 cm³/mol. The van der Waals surface area contributed by atoms with E-state index in [4.69, 9.17) is 4.74 Å². The molecule has 1 aromatic carbocycles. The van der Waals surface area contributed by atoms with E-state index in [9.17, 15) is 9.59 Å². The van der Waals surface area contributed by atoms with Crippen LogP contribution in [-0.4, -0.2) is 46.1 Å². The fourth-order valence-corrected chi connectivity index (χ4v) is 3.60. The summed E-state index contributed by atoms with van der Waals surface area (Å²) in [6.07, 6.45) is 4.91. The molecule has 0 aliphatic carbocycles. The van der Waals surface area contributed by atoms with Crippen molar-refractivity contribution < 1.29 is 14.3 Å². The number of carbonyl (C=O) groups excluding carboxylic acids is 2. The van der Waals surface area contributed by atoms with Crippen molar-refractivity contribution in [2.75, 3.05) is 18.6 Å². The van der Waals surface area contributed by atoms with Crippen LogP contribution in [0.5, 0.6) is 5.75 Å². The average Bonchev–Trinajstić information content (AvgIpc) is 2.95. The molecule has 0 atom stereocenters. The summed E-state index contributed by atoms with van der Waals surface area (Å²) in [5.74, 6) is -0.377. The van der Waals surface area contributed by atoms with E-state index in [-0.39, 0.29) is 18.1 Å². The number of hydrogen-bond acceptors (Lipinski definition) is 6. The van der Waals surface area contributed by atoms with Gasteiger partial charge in [-0.25, -0.2) is 19.9 Å². The lowest BCUT2D eigenvalue weighted by molar-refractivity contribution is -0.112. The Balaban J connectivity index is 1.67. The Morgan fingerprint density at radius 2 is 1.97 bits per heavy atom. The maximum atomic E-state index is 13.0. The summed E-state index contributed by atoms with van der Waals surface area (Å²) >= 11 is 0. The Kier molecular flexibility index (Phi) is 6.26. The molecule has 168 valence electrons. The van der Waals surface area contributed by atoms with Crippen LogP contribution in [0, 0.1) is 6.92 Å². The molecule has 0 N–H and O–H groups in total. The van der Waals surface area contributed by atoms with E-state index >= 15 is 0 Å². The van der Waals surface area contributed by atoms with E-state index in [1.807, 2.05) is 26.0 Å². The van der Waals surface area contributed by atoms with E-state index < -0.39 is 11.8 Å². The van der Waals surface area contributed by atoms with Crippen molar-refractivity contribution in [3.05, 3.63) is 65.2 Å². The van der Waals surface area contributed by atoms with Crippen LogP contribution >= 0.6 is 0 Å². The molecule has 8 heteroatoms. The molecular formula is C25H25N5O3. The molecule has 0 saturated carbocycles. The Labute approximate surface area is 192 Å². The van der Waals surface area contributed by atoms with Crippen LogP contribution in [0.1, 0.15) is 41.2 Å². The normalized spacial score (nSPS) is 14.6. The van der Waals surface area contributed by atoms with Crippen molar-refractivity contribution in [3.63, 3.8) is 0 Å². The van der Waals surface area contributed by atoms with Crippen LogP contribution in [0.3, 0.4) is 0 Å². The number of pyridine rings is 1. The fraction of sp³-hybridized carbons (Fsp3) is 0.280. The number of rotatable bonds is 4. The van der Waals surface area contributed by atoms with Crippen LogP contribution in [0.2, 0.25) is 0 Å². The maximum Gasteiger partial charge on any atom is 0.315 e. The third-order valence-electron chi connectivity index (χ3n) is 5.49. The van der Waals surface area contributed by atoms with Gasteiger partial charge in [0.2, 0.25) is 5.82 Å². The highest BCUT2D eigenvalue weighted by Gasteiger charge is 2.28. The van der Waals surface area contributed by atoms with Gasteiger partial charge in [-0.05, 0) is 48.6 Å². The summed E-state index contributed by atoms with van der Waals surface area (Å²) in [6, 6.07) is 9.84. The number of amides is 2. The van der Waals surface area contributed by atoms with Gasteiger partial charge in [0.15, 0.2) is 11.6 Å². The first-order chi connectivity index (χ1) is 15.9. The molecule has 3 aromatic rings. The second-order valence-electron chi connectivity index (χ2n) is 7.83. The topological polar surface area (TPSA) is 97.6 Å². The van der Waals surface area contributed by atoms with Crippen molar-refractivity contribution in [2.45, 2.75) is 33.6 Å². The number of ether oxygens (including phenoxy) is 1. The number of benzene rings is 1. The van der Waals surface area contributed by atoms with Gasteiger partial charge in [0, 0.05) is 25.0 Å². The minimum atomic E-state index is -0.694. The van der Waals surface area contributed by atoms with Gasteiger partial charge in [0.05, 0.1) is 5.69 Å². The maximum absolute atomic E-state index is 13.0. The van der Waals surface area contributed by atoms with Gasteiger partial charge < -0.3 is 4.74 Å². The fourth-order valence-electron chi connectivity index (χ4n) is 3.60. The standard InChI is InChI=1S/C25H25N5O3/c1-5-16-8-7-9-18(11-16)21-17(6-2)13-26-22(29-21)24(31)28-19-14-33-20-10-15(3)12-27-23(20)30(4)25(19)32/h7-13H,5-6,14H2,1-4H3/b28-19+. The van der Waals surface area contributed by atoms with Crippen LogP contribution in [0.15, 0.2) is 47.7 Å². The number of carbonyl (C=O) groups is 2. The zero-order valence-electron chi connectivity index (χ0n) is 19.1. The molecular weight excluding hydrogens is 418 g/mol. The summed E-state index contributed by atoms with van der Waals surface area (Å²) in [4.78, 5) is 44.2. The highest BCUT2D eigenvalue weighted by atomic mass is 16.5. The van der Waals surface area contributed by atoms with Crippen molar-refractivity contribution in [1.29, 1.82) is 0 Å². The van der Waals surface area contributed by atoms with Crippen LogP contribution in [0.25, 0.3) is 11.3 Å². The number of fused-ring (bicyclic) bond motifs is 1. The molecule has 0 fully saturated rings. The number of hydrogen-bond donors (Lipinski definition) is 0. The third-order valence-corrected chi connectivity index (χ3v) is 5.49. The molecule has 33 heavy (non-hydrogen) atoms. The summed E-state index contributed by atoms with van der Waals surface area (Å²) in [6.45, 7) is 5.83. The summed E-state index contributed by atoms with van der Waals surface area (Å²) < 4.78 is 5.73. The van der Waals surface area contributed by atoms with Crippen LogP contribution in [0.4, 0.5) is 5.82 Å². The summed E-state index contributed by atoms with van der Waals surface area (Å²) in [5, 5.41) is 0. The van der Waals surface area contributed by atoms with Gasteiger partial charge >= 0.3 is 5.91 Å². The zero-order chi connectivity index (χ0) is 23.5. The third kappa shape index (κ3) is 4.50. The van der Waals surface area contributed by atoms with Gasteiger partial charge in [0.1, 0.15) is 12.3 Å². The van der Waals surface area contributed by atoms with Crippen molar-refractivity contribution in [1.82, 2.24) is 15.0 Å². The quantitative estimate of drug-likeness (QED) is 0.611. The second kappa shape index (κ2) is 9.28. The smallest absolute Gasteiger partial charge is 0.315 e. The van der Waals surface area contributed by atoms with Gasteiger partial charge in [-0.2, -0.15) is 0 Å². The molecule has 2 amide bonds. The molecule has 1 aliphatic rings. The average molecular weight is 444 g/mol.